The first-order valence-corrected chi connectivity index (χ1v) is 8.49. The SMILES string of the molecule is CN=C(NCc1ccc(Cl)cc1)NCc1cc2c(cc1OC(F)F)OCO2. The molecule has 0 atom stereocenters. The van der Waals surface area contributed by atoms with E-state index >= 15 is 0 Å². The van der Waals surface area contributed by atoms with E-state index in [4.69, 9.17) is 21.1 Å². The maximum atomic E-state index is 12.7. The summed E-state index contributed by atoms with van der Waals surface area (Å²) in [5, 5.41) is 6.87. The minimum Gasteiger partial charge on any atom is -0.454 e. The molecule has 0 bridgehead atoms. The molecular weight excluding hydrogens is 380 g/mol. The van der Waals surface area contributed by atoms with Gasteiger partial charge in [-0.2, -0.15) is 8.78 Å². The second-order valence-electron chi connectivity index (χ2n) is 5.60. The number of rotatable bonds is 6. The van der Waals surface area contributed by atoms with Crippen molar-refractivity contribution >= 4 is 17.6 Å². The van der Waals surface area contributed by atoms with E-state index in [9.17, 15) is 8.78 Å². The van der Waals surface area contributed by atoms with Gasteiger partial charge in [0.2, 0.25) is 6.79 Å². The number of aliphatic imine (C=N–C) groups is 1. The maximum absolute atomic E-state index is 12.7. The van der Waals surface area contributed by atoms with Gasteiger partial charge in [0.05, 0.1) is 0 Å². The molecule has 0 saturated heterocycles. The van der Waals surface area contributed by atoms with E-state index in [0.29, 0.717) is 34.6 Å². The van der Waals surface area contributed by atoms with E-state index < -0.39 is 6.61 Å². The third-order valence-corrected chi connectivity index (χ3v) is 4.07. The zero-order chi connectivity index (χ0) is 19.2. The third-order valence-electron chi connectivity index (χ3n) is 3.81. The fraction of sp³-hybridized carbons (Fsp3) is 0.278. The molecule has 2 N–H and O–H groups in total. The van der Waals surface area contributed by atoms with Crippen LogP contribution in [0.5, 0.6) is 17.2 Å². The van der Waals surface area contributed by atoms with Crippen LogP contribution in [-0.4, -0.2) is 26.4 Å². The van der Waals surface area contributed by atoms with Crippen LogP contribution in [-0.2, 0) is 13.1 Å². The molecule has 0 radical (unpaired) electrons. The van der Waals surface area contributed by atoms with E-state index in [0.717, 1.165) is 5.56 Å². The second kappa shape index (κ2) is 8.77. The zero-order valence-corrected chi connectivity index (χ0v) is 15.2. The van der Waals surface area contributed by atoms with E-state index in [1.807, 2.05) is 12.1 Å². The molecule has 1 heterocycles. The van der Waals surface area contributed by atoms with Gasteiger partial charge in [-0.05, 0) is 23.8 Å². The Morgan fingerprint density at radius 1 is 1.15 bits per heavy atom. The zero-order valence-electron chi connectivity index (χ0n) is 14.5. The van der Waals surface area contributed by atoms with Crippen molar-refractivity contribution in [3.05, 3.63) is 52.5 Å². The van der Waals surface area contributed by atoms with Crippen molar-refractivity contribution in [2.75, 3.05) is 13.8 Å². The second-order valence-corrected chi connectivity index (χ2v) is 6.03. The van der Waals surface area contributed by atoms with Crippen LogP contribution < -0.4 is 24.8 Å². The van der Waals surface area contributed by atoms with Gasteiger partial charge in [0, 0.05) is 36.8 Å². The molecule has 0 fully saturated rings. The predicted octanol–water partition coefficient (Wildman–Crippen LogP) is 3.54. The van der Waals surface area contributed by atoms with E-state index in [2.05, 4.69) is 20.4 Å². The smallest absolute Gasteiger partial charge is 0.387 e. The molecule has 27 heavy (non-hydrogen) atoms. The number of nitrogens with one attached hydrogen (secondary N) is 2. The summed E-state index contributed by atoms with van der Waals surface area (Å²) in [6.45, 7) is -2.16. The normalized spacial score (nSPS) is 13.0. The number of guanidine groups is 1. The van der Waals surface area contributed by atoms with Crippen LogP contribution in [0.1, 0.15) is 11.1 Å². The van der Waals surface area contributed by atoms with Crippen LogP contribution in [0, 0.1) is 0 Å². The molecule has 144 valence electrons. The van der Waals surface area contributed by atoms with Crippen LogP contribution >= 0.6 is 11.6 Å². The van der Waals surface area contributed by atoms with Gasteiger partial charge in [0.1, 0.15) is 5.75 Å². The highest BCUT2D eigenvalue weighted by molar-refractivity contribution is 6.30. The highest BCUT2D eigenvalue weighted by Gasteiger charge is 2.20. The largest absolute Gasteiger partial charge is 0.454 e. The monoisotopic (exact) mass is 397 g/mol. The molecule has 9 heteroatoms. The molecule has 0 aliphatic carbocycles. The Kier molecular flexibility index (Phi) is 6.18. The summed E-state index contributed by atoms with van der Waals surface area (Å²) < 4.78 is 40.5. The molecule has 0 unspecified atom stereocenters. The summed E-state index contributed by atoms with van der Waals surface area (Å²) >= 11 is 5.87. The van der Waals surface area contributed by atoms with Crippen LogP contribution in [0.25, 0.3) is 0 Å². The molecule has 0 amide bonds. The number of hydrogen-bond acceptors (Lipinski definition) is 4. The molecule has 2 aromatic rings. The fourth-order valence-corrected chi connectivity index (χ4v) is 2.62. The molecule has 6 nitrogen and oxygen atoms in total. The van der Waals surface area contributed by atoms with Gasteiger partial charge in [-0.15, -0.1) is 0 Å². The molecular formula is C18H18ClF2N3O3. The molecule has 2 aromatic carbocycles. The summed E-state index contributed by atoms with van der Waals surface area (Å²) in [5.74, 6) is 1.39. The fourth-order valence-electron chi connectivity index (χ4n) is 2.50. The summed E-state index contributed by atoms with van der Waals surface area (Å²) in [5.41, 5.74) is 1.51. The molecule has 1 aliphatic heterocycles. The number of hydrogen-bond donors (Lipinski definition) is 2. The van der Waals surface area contributed by atoms with Crippen molar-refractivity contribution < 1.29 is 23.0 Å². The van der Waals surface area contributed by atoms with E-state index in [-0.39, 0.29) is 19.1 Å². The Bertz CT molecular complexity index is 816. The van der Waals surface area contributed by atoms with Crippen molar-refractivity contribution in [3.63, 3.8) is 0 Å². The highest BCUT2D eigenvalue weighted by atomic mass is 35.5. The average molecular weight is 398 g/mol. The lowest BCUT2D eigenvalue weighted by atomic mass is 10.1. The standard InChI is InChI=1S/C18H18ClF2N3O3/c1-22-18(23-8-11-2-4-13(19)5-3-11)24-9-12-6-15-16(26-10-25-15)7-14(12)27-17(20)21/h2-7,17H,8-10H2,1H3,(H2,22,23,24). The number of benzene rings is 2. The number of ether oxygens (including phenoxy) is 3. The van der Waals surface area contributed by atoms with Crippen LogP contribution in [0.3, 0.4) is 0 Å². The maximum Gasteiger partial charge on any atom is 0.387 e. The van der Waals surface area contributed by atoms with Crippen molar-refractivity contribution in [2.45, 2.75) is 19.7 Å². The van der Waals surface area contributed by atoms with Crippen molar-refractivity contribution in [1.29, 1.82) is 0 Å². The van der Waals surface area contributed by atoms with Gasteiger partial charge >= 0.3 is 6.61 Å². The first kappa shape index (κ1) is 19.0. The van der Waals surface area contributed by atoms with Gasteiger partial charge in [-0.3, -0.25) is 4.99 Å². The van der Waals surface area contributed by atoms with Crippen LogP contribution in [0.2, 0.25) is 5.02 Å². The van der Waals surface area contributed by atoms with Gasteiger partial charge in [-0.25, -0.2) is 0 Å². The Morgan fingerprint density at radius 2 is 1.81 bits per heavy atom. The highest BCUT2D eigenvalue weighted by Crippen LogP contribution is 2.38. The van der Waals surface area contributed by atoms with E-state index in [1.165, 1.54) is 6.07 Å². The van der Waals surface area contributed by atoms with Crippen LogP contribution in [0.15, 0.2) is 41.4 Å². The van der Waals surface area contributed by atoms with Crippen molar-refractivity contribution in [3.8, 4) is 17.2 Å². The Labute approximate surface area is 160 Å². The Morgan fingerprint density at radius 3 is 2.48 bits per heavy atom. The minimum absolute atomic E-state index is 0.0231. The van der Waals surface area contributed by atoms with Gasteiger partial charge in [0.15, 0.2) is 17.5 Å². The Balaban J connectivity index is 1.64. The van der Waals surface area contributed by atoms with E-state index in [1.54, 1.807) is 25.2 Å². The lowest BCUT2D eigenvalue weighted by Gasteiger charge is -2.15. The number of fused-ring (bicyclic) bond motifs is 1. The van der Waals surface area contributed by atoms with Crippen molar-refractivity contribution in [1.82, 2.24) is 10.6 Å². The molecule has 0 saturated carbocycles. The summed E-state index contributed by atoms with van der Waals surface area (Å²) in [6.07, 6.45) is 0. The van der Waals surface area contributed by atoms with Crippen molar-refractivity contribution in [2.24, 2.45) is 4.99 Å². The molecule has 0 aromatic heterocycles. The topological polar surface area (TPSA) is 64.1 Å². The number of halogens is 3. The minimum atomic E-state index is -2.94. The van der Waals surface area contributed by atoms with Gasteiger partial charge in [-0.1, -0.05) is 23.7 Å². The summed E-state index contributed by atoms with van der Waals surface area (Å²) in [4.78, 5) is 4.12. The first-order chi connectivity index (χ1) is 13.0. The number of alkyl halides is 2. The Hall–Kier alpha value is -2.74. The third kappa shape index (κ3) is 5.13. The lowest BCUT2D eigenvalue weighted by molar-refractivity contribution is -0.0505. The van der Waals surface area contributed by atoms with Gasteiger partial charge < -0.3 is 24.8 Å². The predicted molar refractivity (Wildman–Crippen MR) is 97.7 cm³/mol. The van der Waals surface area contributed by atoms with Gasteiger partial charge in [0.25, 0.3) is 0 Å². The quantitative estimate of drug-likeness (QED) is 0.576. The molecule has 0 spiro atoms. The van der Waals surface area contributed by atoms with Crippen LogP contribution in [0.4, 0.5) is 8.78 Å². The molecule has 1 aliphatic rings. The molecule has 3 rings (SSSR count). The number of nitrogens with zero attached hydrogens (tertiary/aromatic N) is 1. The lowest BCUT2D eigenvalue weighted by Crippen LogP contribution is -2.36. The average Bonchev–Trinajstić information content (AvgIpc) is 3.10. The summed E-state index contributed by atoms with van der Waals surface area (Å²) in [7, 11) is 1.62. The summed E-state index contributed by atoms with van der Waals surface area (Å²) in [6, 6.07) is 10.4. The first-order valence-electron chi connectivity index (χ1n) is 8.11.